The highest BCUT2D eigenvalue weighted by molar-refractivity contribution is 7.98. The van der Waals surface area contributed by atoms with Crippen LogP contribution in [0.1, 0.15) is 60.5 Å². The third kappa shape index (κ3) is 5.26. The maximum Gasteiger partial charge on any atom is 0.251 e. The average molecular weight is 449 g/mol. The van der Waals surface area contributed by atoms with Crippen LogP contribution in [-0.2, 0) is 5.75 Å². The van der Waals surface area contributed by atoms with Crippen molar-refractivity contribution in [2.75, 3.05) is 0 Å². The number of nitrogens with zero attached hydrogens (tertiary/aromatic N) is 1. The van der Waals surface area contributed by atoms with Crippen molar-refractivity contribution in [2.45, 2.75) is 63.6 Å². The Bertz CT molecular complexity index is 1060. The molecule has 1 amide bonds. The van der Waals surface area contributed by atoms with Crippen molar-refractivity contribution in [1.29, 1.82) is 0 Å². The summed E-state index contributed by atoms with van der Waals surface area (Å²) in [7, 11) is 0. The zero-order valence-corrected chi connectivity index (χ0v) is 20.2. The van der Waals surface area contributed by atoms with Crippen molar-refractivity contribution < 1.29 is 9.21 Å². The van der Waals surface area contributed by atoms with Crippen LogP contribution in [0.2, 0.25) is 0 Å². The Hall–Kier alpha value is -2.53. The van der Waals surface area contributed by atoms with Gasteiger partial charge in [0.1, 0.15) is 5.76 Å². The second-order valence-electron chi connectivity index (χ2n) is 9.05. The van der Waals surface area contributed by atoms with Gasteiger partial charge in [0.05, 0.1) is 5.69 Å². The molecule has 3 aromatic rings. The lowest BCUT2D eigenvalue weighted by Gasteiger charge is -2.34. The molecule has 168 valence electrons. The van der Waals surface area contributed by atoms with E-state index in [1.54, 1.807) is 11.8 Å². The molecule has 4 rings (SSSR count). The fourth-order valence-corrected chi connectivity index (χ4v) is 5.17. The van der Waals surface area contributed by atoms with Crippen molar-refractivity contribution >= 4 is 17.7 Å². The van der Waals surface area contributed by atoms with Crippen LogP contribution in [0, 0.1) is 25.7 Å². The molecule has 1 fully saturated rings. The Labute approximate surface area is 195 Å². The van der Waals surface area contributed by atoms with Crippen molar-refractivity contribution in [3.05, 3.63) is 71.1 Å². The molecule has 0 saturated heterocycles. The summed E-state index contributed by atoms with van der Waals surface area (Å²) in [5, 5.41) is 3.24. The van der Waals surface area contributed by atoms with Crippen molar-refractivity contribution in [1.82, 2.24) is 10.3 Å². The molecule has 0 aliphatic heterocycles. The molecule has 1 aliphatic carbocycles. The number of nitrogens with one attached hydrogen (secondary N) is 1. The smallest absolute Gasteiger partial charge is 0.251 e. The van der Waals surface area contributed by atoms with Gasteiger partial charge in [0.15, 0.2) is 0 Å². The maximum absolute atomic E-state index is 12.8. The zero-order chi connectivity index (χ0) is 22.7. The van der Waals surface area contributed by atoms with Crippen LogP contribution in [0.5, 0.6) is 0 Å². The van der Waals surface area contributed by atoms with Crippen LogP contribution < -0.4 is 5.32 Å². The van der Waals surface area contributed by atoms with Gasteiger partial charge in [-0.25, -0.2) is 4.98 Å². The van der Waals surface area contributed by atoms with Gasteiger partial charge in [0.25, 0.3) is 5.91 Å². The minimum absolute atomic E-state index is 0.00118. The summed E-state index contributed by atoms with van der Waals surface area (Å²) in [6, 6.07) is 16.3. The monoisotopic (exact) mass is 448 g/mol. The molecule has 0 radical (unpaired) electrons. The fraction of sp³-hybridized carbons (Fsp3) is 0.407. The number of carbonyl (C=O) groups is 1. The molecular weight excluding hydrogens is 416 g/mol. The number of benzene rings is 2. The van der Waals surface area contributed by atoms with Crippen LogP contribution in [0.25, 0.3) is 11.5 Å². The largest absolute Gasteiger partial charge is 0.441 e. The summed E-state index contributed by atoms with van der Waals surface area (Å²) in [4.78, 5) is 18.7. The third-order valence-corrected chi connectivity index (χ3v) is 7.73. The van der Waals surface area contributed by atoms with Gasteiger partial charge in [-0.2, -0.15) is 0 Å². The van der Waals surface area contributed by atoms with Crippen LogP contribution >= 0.6 is 11.8 Å². The number of thioether (sulfide) groups is 1. The first-order chi connectivity index (χ1) is 15.4. The Morgan fingerprint density at radius 2 is 1.78 bits per heavy atom. The van der Waals surface area contributed by atoms with Crippen molar-refractivity contribution in [3.63, 3.8) is 0 Å². The number of rotatable bonds is 6. The highest BCUT2D eigenvalue weighted by Crippen LogP contribution is 2.30. The molecule has 1 N–H and O–H groups in total. The number of oxazole rings is 1. The predicted octanol–water partition coefficient (Wildman–Crippen LogP) is 6.81. The minimum Gasteiger partial charge on any atom is -0.441 e. The summed E-state index contributed by atoms with van der Waals surface area (Å²) in [6.45, 7) is 8.57. The predicted molar refractivity (Wildman–Crippen MR) is 131 cm³/mol. The van der Waals surface area contributed by atoms with Crippen LogP contribution in [0.4, 0.5) is 0 Å². The first-order valence-electron chi connectivity index (χ1n) is 11.5. The standard InChI is InChI=1S/C27H32N2O2S/c1-17-8-14-23(15-9-17)32-16-25-20(4)31-27(29-25)22-12-10-21(11-13-22)26(30)28-24-7-5-6-18(2)19(24)3/h8-15,18-19,24H,5-7,16H2,1-4H3,(H,28,30)/t18-,19-,24-/m1/s1. The molecule has 1 saturated carbocycles. The number of aromatic nitrogens is 1. The second kappa shape index (κ2) is 9.95. The average Bonchev–Trinajstić information content (AvgIpc) is 3.17. The van der Waals surface area contributed by atoms with Gasteiger partial charge in [-0.05, 0) is 68.5 Å². The Kier molecular flexibility index (Phi) is 7.04. The molecule has 1 heterocycles. The van der Waals surface area contributed by atoms with Crippen LogP contribution in [0.3, 0.4) is 0 Å². The van der Waals surface area contributed by atoms with E-state index in [2.05, 4.69) is 50.4 Å². The van der Waals surface area contributed by atoms with Gasteiger partial charge < -0.3 is 9.73 Å². The van der Waals surface area contributed by atoms with E-state index in [0.29, 0.717) is 23.3 Å². The molecule has 0 spiro atoms. The lowest BCUT2D eigenvalue weighted by atomic mass is 9.78. The Morgan fingerprint density at radius 1 is 1.06 bits per heavy atom. The summed E-state index contributed by atoms with van der Waals surface area (Å²) < 4.78 is 5.93. The molecule has 0 unspecified atom stereocenters. The number of aryl methyl sites for hydroxylation is 2. The number of amides is 1. The quantitative estimate of drug-likeness (QED) is 0.421. The highest BCUT2D eigenvalue weighted by atomic mass is 32.2. The normalized spacial score (nSPS) is 20.8. The van der Waals surface area contributed by atoms with Crippen LogP contribution in [-0.4, -0.2) is 16.9 Å². The van der Waals surface area contributed by atoms with Crippen molar-refractivity contribution in [3.8, 4) is 11.5 Å². The molecule has 3 atom stereocenters. The maximum atomic E-state index is 12.8. The van der Waals surface area contributed by atoms with Gasteiger partial charge in [-0.3, -0.25) is 4.79 Å². The summed E-state index contributed by atoms with van der Waals surface area (Å²) in [6.07, 6.45) is 3.50. The summed E-state index contributed by atoms with van der Waals surface area (Å²) >= 11 is 1.75. The van der Waals surface area contributed by atoms with E-state index in [-0.39, 0.29) is 11.9 Å². The number of hydrogen-bond acceptors (Lipinski definition) is 4. The van der Waals surface area contributed by atoms with Gasteiger partial charge >= 0.3 is 0 Å². The number of carbonyl (C=O) groups excluding carboxylic acids is 1. The Morgan fingerprint density at radius 3 is 2.50 bits per heavy atom. The van der Waals surface area contributed by atoms with Gasteiger partial charge in [0.2, 0.25) is 5.89 Å². The summed E-state index contributed by atoms with van der Waals surface area (Å²) in [5.74, 6) is 3.37. The molecule has 32 heavy (non-hydrogen) atoms. The SMILES string of the molecule is Cc1ccc(SCc2nc(-c3ccc(C(=O)N[C@@H]4CCC[C@@H](C)[C@H]4C)cc3)oc2C)cc1. The minimum atomic E-state index is 0.00118. The van der Waals surface area contributed by atoms with Crippen LogP contribution in [0.15, 0.2) is 57.8 Å². The Balaban J connectivity index is 1.40. The topological polar surface area (TPSA) is 55.1 Å². The van der Waals surface area contributed by atoms with Crippen molar-refractivity contribution in [2.24, 2.45) is 11.8 Å². The molecule has 5 heteroatoms. The molecule has 1 aromatic heterocycles. The first kappa shape index (κ1) is 22.7. The zero-order valence-electron chi connectivity index (χ0n) is 19.4. The summed E-state index contributed by atoms with van der Waals surface area (Å²) in [5.41, 5.74) is 3.77. The lowest BCUT2D eigenvalue weighted by molar-refractivity contribution is 0.0891. The molecular formula is C27H32N2O2S. The van der Waals surface area contributed by atoms with E-state index in [1.807, 2.05) is 31.2 Å². The second-order valence-corrected chi connectivity index (χ2v) is 10.1. The third-order valence-electron chi connectivity index (χ3n) is 6.71. The van der Waals surface area contributed by atoms with E-state index in [9.17, 15) is 4.79 Å². The molecule has 4 nitrogen and oxygen atoms in total. The van der Waals surface area contributed by atoms with Gasteiger partial charge in [-0.15, -0.1) is 11.8 Å². The van der Waals surface area contributed by atoms with Gasteiger partial charge in [0, 0.05) is 27.8 Å². The highest BCUT2D eigenvalue weighted by Gasteiger charge is 2.28. The number of hydrogen-bond donors (Lipinski definition) is 1. The lowest BCUT2D eigenvalue weighted by Crippen LogP contribution is -2.43. The van der Waals surface area contributed by atoms with E-state index in [0.717, 1.165) is 29.2 Å². The molecule has 0 bridgehead atoms. The van der Waals surface area contributed by atoms with E-state index < -0.39 is 0 Å². The first-order valence-corrected chi connectivity index (χ1v) is 12.5. The van der Waals surface area contributed by atoms with E-state index in [1.165, 1.54) is 23.3 Å². The van der Waals surface area contributed by atoms with E-state index in [4.69, 9.17) is 9.40 Å². The molecule has 1 aliphatic rings. The van der Waals surface area contributed by atoms with Gasteiger partial charge in [-0.1, -0.05) is 44.4 Å². The fourth-order valence-electron chi connectivity index (χ4n) is 4.27. The molecule has 2 aromatic carbocycles. The van der Waals surface area contributed by atoms with E-state index >= 15 is 0 Å².